The van der Waals surface area contributed by atoms with E-state index in [0.29, 0.717) is 18.0 Å². The van der Waals surface area contributed by atoms with Gasteiger partial charge in [0.05, 0.1) is 22.9 Å². The van der Waals surface area contributed by atoms with Crippen molar-refractivity contribution in [2.75, 3.05) is 18.4 Å². The van der Waals surface area contributed by atoms with Gasteiger partial charge < -0.3 is 15.0 Å². The van der Waals surface area contributed by atoms with Crippen molar-refractivity contribution in [1.82, 2.24) is 4.90 Å². The van der Waals surface area contributed by atoms with Gasteiger partial charge in [-0.15, -0.1) is 11.8 Å². The number of nitrogens with one attached hydrogen (secondary N) is 1. The van der Waals surface area contributed by atoms with E-state index >= 15 is 0 Å². The van der Waals surface area contributed by atoms with Crippen molar-refractivity contribution < 1.29 is 32.3 Å². The maximum absolute atomic E-state index is 12.8. The Morgan fingerprint density at radius 2 is 2.00 bits per heavy atom. The minimum Gasteiger partial charge on any atom is -0.452 e. The number of amides is 2. The van der Waals surface area contributed by atoms with Crippen molar-refractivity contribution in [3.05, 3.63) is 23.8 Å². The van der Waals surface area contributed by atoms with Crippen LogP contribution in [-0.4, -0.2) is 47.1 Å². The predicted octanol–water partition coefficient (Wildman–Crippen LogP) is 3.06. The normalized spacial score (nSPS) is 20.4. The molecule has 1 N–H and O–H groups in total. The van der Waals surface area contributed by atoms with Crippen molar-refractivity contribution >= 4 is 35.2 Å². The van der Waals surface area contributed by atoms with Crippen molar-refractivity contribution in [2.45, 2.75) is 48.6 Å². The molecule has 0 bridgehead atoms. The summed E-state index contributed by atoms with van der Waals surface area (Å²) in [6.45, 7) is 2.76. The number of hydrogen-bond acceptors (Lipinski definition) is 5. The first kappa shape index (κ1) is 20.5. The number of benzene rings is 1. The molecule has 10 heteroatoms. The van der Waals surface area contributed by atoms with Gasteiger partial charge in [-0.2, -0.15) is 13.2 Å². The minimum atomic E-state index is -4.51. The maximum Gasteiger partial charge on any atom is 0.416 e. The molecular formula is C18H19F3N2O4S. The number of ether oxygens (including phenoxy) is 1. The molecule has 6 nitrogen and oxygen atoms in total. The van der Waals surface area contributed by atoms with E-state index in [9.17, 15) is 27.6 Å². The lowest BCUT2D eigenvalue weighted by Crippen LogP contribution is -2.39. The summed E-state index contributed by atoms with van der Waals surface area (Å²) in [5.41, 5.74) is -0.800. The highest BCUT2D eigenvalue weighted by Crippen LogP contribution is 2.40. The van der Waals surface area contributed by atoms with Gasteiger partial charge in [0.2, 0.25) is 5.91 Å². The molecule has 1 aromatic rings. The Morgan fingerprint density at radius 3 is 2.64 bits per heavy atom. The number of alkyl halides is 3. The van der Waals surface area contributed by atoms with E-state index < -0.39 is 35.0 Å². The zero-order valence-corrected chi connectivity index (χ0v) is 15.9. The number of fused-ring (bicyclic) bond motifs is 1. The van der Waals surface area contributed by atoms with Crippen LogP contribution < -0.4 is 5.32 Å². The van der Waals surface area contributed by atoms with Crippen LogP contribution in [0.2, 0.25) is 0 Å². The van der Waals surface area contributed by atoms with Crippen molar-refractivity contribution in [3.63, 3.8) is 0 Å². The average Bonchev–Trinajstić information content (AvgIpc) is 3.15. The molecule has 2 aliphatic rings. The predicted molar refractivity (Wildman–Crippen MR) is 95.7 cm³/mol. The zero-order valence-electron chi connectivity index (χ0n) is 15.0. The summed E-state index contributed by atoms with van der Waals surface area (Å²) < 4.78 is 43.5. The first-order valence-electron chi connectivity index (χ1n) is 8.82. The fourth-order valence-electron chi connectivity index (χ4n) is 3.10. The molecule has 0 radical (unpaired) electrons. The Balaban J connectivity index is 1.60. The molecule has 2 amide bonds. The smallest absolute Gasteiger partial charge is 0.416 e. The summed E-state index contributed by atoms with van der Waals surface area (Å²) in [5, 5.41) is 1.56. The Kier molecular flexibility index (Phi) is 5.87. The number of anilines is 1. The van der Waals surface area contributed by atoms with Crippen LogP contribution in [0.1, 0.15) is 31.7 Å². The second-order valence-corrected chi connectivity index (χ2v) is 7.92. The number of carbonyl (C=O) groups excluding carboxylic acids is 3. The quantitative estimate of drug-likeness (QED) is 0.764. The van der Waals surface area contributed by atoms with E-state index in [1.165, 1.54) is 13.0 Å². The summed E-state index contributed by atoms with van der Waals surface area (Å²) in [5.74, 6) is -1.55. The second-order valence-electron chi connectivity index (χ2n) is 6.67. The number of hydrogen-bond donors (Lipinski definition) is 1. The molecule has 0 spiro atoms. The molecule has 1 saturated heterocycles. The molecule has 0 saturated carbocycles. The van der Waals surface area contributed by atoms with Crippen LogP contribution >= 0.6 is 11.8 Å². The minimum absolute atomic E-state index is 0.0621. The fourth-order valence-corrected chi connectivity index (χ4v) is 4.18. The standard InChI is InChI=1S/C18H19F3N2O4S/c1-10(17(26)23-6-2-3-7-23)27-15(24)9-14-16(25)22-12-8-11(18(19,20)21)4-5-13(12)28-14/h4-5,8,10,14H,2-3,6-7,9H2,1H3,(H,22,25). The van der Waals surface area contributed by atoms with Crippen molar-refractivity contribution in [2.24, 2.45) is 0 Å². The van der Waals surface area contributed by atoms with Crippen LogP contribution in [0.5, 0.6) is 0 Å². The van der Waals surface area contributed by atoms with Gasteiger partial charge in [0.1, 0.15) is 0 Å². The lowest BCUT2D eigenvalue weighted by atomic mass is 10.1. The second kappa shape index (κ2) is 8.02. The summed E-state index contributed by atoms with van der Waals surface area (Å²) in [4.78, 5) is 38.6. The third kappa shape index (κ3) is 4.60. The van der Waals surface area contributed by atoms with Crippen LogP contribution in [0.4, 0.5) is 18.9 Å². The van der Waals surface area contributed by atoms with E-state index in [2.05, 4.69) is 5.32 Å². The fraction of sp³-hybridized carbons (Fsp3) is 0.500. The summed E-state index contributed by atoms with van der Waals surface area (Å²) in [7, 11) is 0. The topological polar surface area (TPSA) is 75.7 Å². The number of likely N-dealkylation sites (tertiary alicyclic amines) is 1. The Labute approximate surface area is 163 Å². The molecule has 2 unspecified atom stereocenters. The summed E-state index contributed by atoms with van der Waals surface area (Å²) in [6.07, 6.45) is -3.90. The highest BCUT2D eigenvalue weighted by molar-refractivity contribution is 8.01. The van der Waals surface area contributed by atoms with Gasteiger partial charge >= 0.3 is 12.1 Å². The molecule has 1 aromatic carbocycles. The molecule has 2 atom stereocenters. The van der Waals surface area contributed by atoms with E-state index in [4.69, 9.17) is 4.74 Å². The van der Waals surface area contributed by atoms with Crippen molar-refractivity contribution in [3.8, 4) is 0 Å². The van der Waals surface area contributed by atoms with Crippen LogP contribution in [-0.2, 0) is 25.3 Å². The van der Waals surface area contributed by atoms with Crippen molar-refractivity contribution in [1.29, 1.82) is 0 Å². The van der Waals surface area contributed by atoms with Crippen LogP contribution in [0.25, 0.3) is 0 Å². The van der Waals surface area contributed by atoms with E-state index in [-0.39, 0.29) is 18.0 Å². The first-order valence-corrected chi connectivity index (χ1v) is 9.70. The number of nitrogens with zero attached hydrogens (tertiary/aromatic N) is 1. The van der Waals surface area contributed by atoms with E-state index in [1.54, 1.807) is 4.90 Å². The molecule has 2 heterocycles. The Bertz CT molecular complexity index is 794. The summed E-state index contributed by atoms with van der Waals surface area (Å²) in [6, 6.07) is 3.06. The molecule has 0 aromatic heterocycles. The van der Waals surface area contributed by atoms with Gasteiger partial charge in [-0.3, -0.25) is 14.4 Å². The molecule has 2 aliphatic heterocycles. The van der Waals surface area contributed by atoms with Gasteiger partial charge in [0.15, 0.2) is 6.10 Å². The monoisotopic (exact) mass is 416 g/mol. The number of rotatable bonds is 4. The van der Waals surface area contributed by atoms with Crippen LogP contribution in [0.15, 0.2) is 23.1 Å². The lowest BCUT2D eigenvalue weighted by Gasteiger charge is -2.25. The molecule has 152 valence electrons. The Hall–Kier alpha value is -2.23. The SMILES string of the molecule is CC(OC(=O)CC1Sc2ccc(C(F)(F)F)cc2NC1=O)C(=O)N1CCCC1. The number of thioether (sulfide) groups is 1. The average molecular weight is 416 g/mol. The lowest BCUT2D eigenvalue weighted by molar-refractivity contribution is -0.158. The molecule has 3 rings (SSSR count). The molecule has 0 aliphatic carbocycles. The van der Waals surface area contributed by atoms with Gasteiger partial charge in [-0.1, -0.05) is 0 Å². The van der Waals surface area contributed by atoms with Gasteiger partial charge in [-0.05, 0) is 38.0 Å². The summed E-state index contributed by atoms with van der Waals surface area (Å²) >= 11 is 0.998. The third-order valence-corrected chi connectivity index (χ3v) is 5.83. The number of halogens is 3. The van der Waals surface area contributed by atoms with E-state index in [0.717, 1.165) is 36.7 Å². The molecule has 1 fully saturated rings. The third-order valence-electron chi connectivity index (χ3n) is 4.55. The number of carbonyl (C=O) groups is 3. The van der Waals surface area contributed by atoms with Gasteiger partial charge in [-0.25, -0.2) is 0 Å². The van der Waals surface area contributed by atoms with Crippen LogP contribution in [0, 0.1) is 0 Å². The molecule has 28 heavy (non-hydrogen) atoms. The Morgan fingerprint density at radius 1 is 1.32 bits per heavy atom. The van der Waals surface area contributed by atoms with E-state index in [1.807, 2.05) is 0 Å². The van der Waals surface area contributed by atoms with Crippen LogP contribution in [0.3, 0.4) is 0 Å². The maximum atomic E-state index is 12.8. The van der Waals surface area contributed by atoms with Gasteiger partial charge in [0.25, 0.3) is 5.91 Å². The highest BCUT2D eigenvalue weighted by Gasteiger charge is 2.35. The highest BCUT2D eigenvalue weighted by atomic mass is 32.2. The zero-order chi connectivity index (χ0) is 20.5. The van der Waals surface area contributed by atoms with Gasteiger partial charge in [0, 0.05) is 18.0 Å². The number of esters is 1. The largest absolute Gasteiger partial charge is 0.452 e. The molecular weight excluding hydrogens is 397 g/mol. The first-order chi connectivity index (χ1) is 13.1.